The van der Waals surface area contributed by atoms with Gasteiger partial charge in [0.05, 0.1) is 21.4 Å². The van der Waals surface area contributed by atoms with Crippen molar-refractivity contribution in [2.45, 2.75) is 76.5 Å². The molecule has 1 saturated carbocycles. The van der Waals surface area contributed by atoms with Crippen LogP contribution in [0.3, 0.4) is 0 Å². The van der Waals surface area contributed by atoms with Crippen molar-refractivity contribution in [2.75, 3.05) is 18.1 Å². The molecule has 0 radical (unpaired) electrons. The molecule has 10 nitrogen and oxygen atoms in total. The minimum Gasteiger partial charge on any atom is -0.464 e. The summed E-state index contributed by atoms with van der Waals surface area (Å²) in [7, 11) is 0. The molecule has 4 aromatic rings. The minimum absolute atomic E-state index is 0.0349. The fourth-order valence-corrected chi connectivity index (χ4v) is 8.29. The van der Waals surface area contributed by atoms with Crippen molar-refractivity contribution in [1.82, 2.24) is 15.5 Å². The first-order valence-electron chi connectivity index (χ1n) is 16.0. The number of fused-ring (bicyclic) bond motifs is 3. The number of amides is 1. The maximum atomic E-state index is 15.2. The molecule has 0 spiro atoms. The first kappa shape index (κ1) is 32.8. The third kappa shape index (κ3) is 6.49. The maximum absolute atomic E-state index is 15.2. The minimum atomic E-state index is -0.617. The normalized spacial score (nSPS) is 20.4. The summed E-state index contributed by atoms with van der Waals surface area (Å²) in [6, 6.07) is 7.89. The standard InChI is InChI=1S/C34H33Cl2FN4O6S/c1-16(2)15-45-26(42)14-38-32(43)18-10-24(37)29-25(11-18)48-34(39-29)41-19-8-9-20(41)13-21(12-19)46-33(44)28-30(40-47-31(28)17-6-7-17)27-22(35)4-3-5-23(27)36/h3-5,10-11,16-17,19-21H,6-9,12-15H2,1-2H3,(H,38,43)/t19-,20+,21+. The summed E-state index contributed by atoms with van der Waals surface area (Å²) >= 11 is 14.3. The highest BCUT2D eigenvalue weighted by Crippen LogP contribution is 2.47. The highest BCUT2D eigenvalue weighted by Gasteiger charge is 2.45. The summed E-state index contributed by atoms with van der Waals surface area (Å²) in [6.45, 7) is 3.77. The Labute approximate surface area is 289 Å². The van der Waals surface area contributed by atoms with Crippen LogP contribution < -0.4 is 10.2 Å². The first-order chi connectivity index (χ1) is 23.1. The number of rotatable bonds is 10. The van der Waals surface area contributed by atoms with E-state index in [1.807, 2.05) is 13.8 Å². The van der Waals surface area contributed by atoms with E-state index in [-0.39, 0.29) is 65.5 Å². The number of carbonyl (C=O) groups excluding carboxylic acids is 3. The SMILES string of the molecule is CC(C)COC(=O)CNC(=O)c1cc(F)c2nc(N3[C@@H]4CC[C@H]3C[C@@H](OC(=O)c3c(-c5c(Cl)cccc5Cl)noc3C3CC3)C4)sc2c1. The Hall–Kier alpha value is -3.74. The number of hydrogen-bond donors (Lipinski definition) is 1. The van der Waals surface area contributed by atoms with Gasteiger partial charge < -0.3 is 24.2 Å². The highest BCUT2D eigenvalue weighted by molar-refractivity contribution is 7.22. The second-order valence-electron chi connectivity index (χ2n) is 13.0. The molecule has 3 aliphatic rings. The number of benzene rings is 2. The van der Waals surface area contributed by atoms with E-state index in [9.17, 15) is 14.4 Å². The summed E-state index contributed by atoms with van der Waals surface area (Å²) in [5.41, 5.74) is 1.27. The van der Waals surface area contributed by atoms with E-state index in [2.05, 4.69) is 20.4 Å². The Kier molecular flexibility index (Phi) is 9.08. The maximum Gasteiger partial charge on any atom is 0.344 e. The molecule has 2 aromatic heterocycles. The zero-order chi connectivity index (χ0) is 33.7. The van der Waals surface area contributed by atoms with Crippen molar-refractivity contribution >= 4 is 67.7 Å². The van der Waals surface area contributed by atoms with Gasteiger partial charge in [-0.05, 0) is 55.9 Å². The number of halogens is 3. The lowest BCUT2D eigenvalue weighted by Gasteiger charge is -2.38. The molecule has 2 aliphatic heterocycles. The van der Waals surface area contributed by atoms with Gasteiger partial charge in [-0.3, -0.25) is 9.59 Å². The Morgan fingerprint density at radius 1 is 1.10 bits per heavy atom. The molecule has 4 heterocycles. The summed E-state index contributed by atoms with van der Waals surface area (Å²) in [4.78, 5) is 45.3. The predicted molar refractivity (Wildman–Crippen MR) is 179 cm³/mol. The van der Waals surface area contributed by atoms with Crippen LogP contribution in [0.2, 0.25) is 10.0 Å². The van der Waals surface area contributed by atoms with E-state index in [1.54, 1.807) is 24.3 Å². The molecule has 1 N–H and O–H groups in total. The molecule has 2 saturated heterocycles. The van der Waals surface area contributed by atoms with Gasteiger partial charge in [0.1, 0.15) is 29.4 Å². The van der Waals surface area contributed by atoms with E-state index in [1.165, 1.54) is 11.3 Å². The number of thiazole rings is 1. The van der Waals surface area contributed by atoms with Crippen molar-refractivity contribution in [1.29, 1.82) is 0 Å². The van der Waals surface area contributed by atoms with Crippen LogP contribution in [0.25, 0.3) is 21.5 Å². The summed E-state index contributed by atoms with van der Waals surface area (Å²) in [5, 5.41) is 8.09. The van der Waals surface area contributed by atoms with Crippen molar-refractivity contribution in [3.63, 3.8) is 0 Å². The molecule has 252 valence electrons. The number of aromatic nitrogens is 2. The summed E-state index contributed by atoms with van der Waals surface area (Å²) in [5.74, 6) is -1.49. The quantitative estimate of drug-likeness (QED) is 0.166. The molecule has 0 unspecified atom stereocenters. The van der Waals surface area contributed by atoms with Gasteiger partial charge in [-0.2, -0.15) is 0 Å². The Morgan fingerprint density at radius 2 is 1.81 bits per heavy atom. The lowest BCUT2D eigenvalue weighted by Crippen LogP contribution is -2.46. The number of piperidine rings is 1. The average Bonchev–Trinajstić information content (AvgIpc) is 3.54. The molecule has 3 fully saturated rings. The molecule has 2 aromatic carbocycles. The van der Waals surface area contributed by atoms with Crippen LogP contribution in [0.1, 0.15) is 84.8 Å². The van der Waals surface area contributed by atoms with Crippen molar-refractivity contribution in [3.05, 3.63) is 63.1 Å². The van der Waals surface area contributed by atoms with Gasteiger partial charge >= 0.3 is 11.9 Å². The zero-order valence-electron chi connectivity index (χ0n) is 26.3. The Morgan fingerprint density at radius 3 is 2.48 bits per heavy atom. The van der Waals surface area contributed by atoms with Gasteiger partial charge in [0.25, 0.3) is 5.91 Å². The Bertz CT molecular complexity index is 1880. The van der Waals surface area contributed by atoms with E-state index >= 15 is 4.39 Å². The number of ether oxygens (including phenoxy) is 2. The van der Waals surface area contributed by atoms with Crippen molar-refractivity contribution < 1.29 is 32.8 Å². The molecule has 48 heavy (non-hydrogen) atoms. The number of anilines is 1. The monoisotopic (exact) mass is 714 g/mol. The van der Waals surface area contributed by atoms with Crippen LogP contribution in [0.15, 0.2) is 34.9 Å². The van der Waals surface area contributed by atoms with Gasteiger partial charge in [0, 0.05) is 42.0 Å². The van der Waals surface area contributed by atoms with Gasteiger partial charge in [-0.15, -0.1) is 0 Å². The van der Waals surface area contributed by atoms with Crippen molar-refractivity contribution in [3.8, 4) is 11.3 Å². The van der Waals surface area contributed by atoms with Crippen LogP contribution >= 0.6 is 34.5 Å². The van der Waals surface area contributed by atoms with Gasteiger partial charge in [0.2, 0.25) is 0 Å². The van der Waals surface area contributed by atoms with Crippen LogP contribution in [0.4, 0.5) is 9.52 Å². The summed E-state index contributed by atoms with van der Waals surface area (Å²) < 4.78 is 32.6. The fraction of sp³-hybridized carbons (Fsp3) is 0.441. The lowest BCUT2D eigenvalue weighted by atomic mass is 9.99. The highest BCUT2D eigenvalue weighted by atomic mass is 35.5. The van der Waals surface area contributed by atoms with Crippen LogP contribution in [-0.4, -0.2) is 59.3 Å². The second-order valence-corrected chi connectivity index (χ2v) is 14.8. The predicted octanol–water partition coefficient (Wildman–Crippen LogP) is 7.56. The van der Waals surface area contributed by atoms with Gasteiger partial charge in [-0.25, -0.2) is 14.2 Å². The largest absolute Gasteiger partial charge is 0.464 e. The second kappa shape index (κ2) is 13.3. The lowest BCUT2D eigenvalue weighted by molar-refractivity contribution is -0.143. The molecular weight excluding hydrogens is 682 g/mol. The molecule has 7 rings (SSSR count). The van der Waals surface area contributed by atoms with E-state index < -0.39 is 23.7 Å². The van der Waals surface area contributed by atoms with E-state index in [0.717, 1.165) is 31.7 Å². The molecular formula is C34H33Cl2FN4O6S. The molecule has 3 atom stereocenters. The van der Waals surface area contributed by atoms with Gasteiger partial charge in [-0.1, -0.05) is 59.6 Å². The molecule has 1 aliphatic carbocycles. The third-order valence-corrected chi connectivity index (χ3v) is 10.6. The van der Waals surface area contributed by atoms with E-state index in [4.69, 9.17) is 37.2 Å². The third-order valence-electron chi connectivity index (χ3n) is 8.92. The number of esters is 2. The number of nitrogens with zero attached hydrogens (tertiary/aromatic N) is 3. The summed E-state index contributed by atoms with van der Waals surface area (Å²) in [6.07, 6.45) is 4.35. The molecule has 2 bridgehead atoms. The number of hydrogen-bond acceptors (Lipinski definition) is 10. The van der Waals surface area contributed by atoms with Crippen LogP contribution in [-0.2, 0) is 14.3 Å². The number of carbonyl (C=O) groups is 3. The fourth-order valence-electron chi connectivity index (χ4n) is 6.55. The average molecular weight is 716 g/mol. The van der Waals surface area contributed by atoms with Gasteiger partial charge in [0.15, 0.2) is 16.7 Å². The Balaban J connectivity index is 1.05. The number of nitrogens with one attached hydrogen (secondary N) is 1. The molecule has 14 heteroatoms. The van der Waals surface area contributed by atoms with E-state index in [0.29, 0.717) is 44.0 Å². The smallest absolute Gasteiger partial charge is 0.344 e. The zero-order valence-corrected chi connectivity index (χ0v) is 28.6. The first-order valence-corrected chi connectivity index (χ1v) is 17.6. The van der Waals surface area contributed by atoms with Crippen LogP contribution in [0.5, 0.6) is 0 Å². The molecule has 1 amide bonds. The topological polar surface area (TPSA) is 124 Å². The van der Waals surface area contributed by atoms with Crippen LogP contribution in [0, 0.1) is 11.7 Å². The van der Waals surface area contributed by atoms with Crippen molar-refractivity contribution in [2.24, 2.45) is 5.92 Å².